The third-order valence-electron chi connectivity index (χ3n) is 6.18. The molecule has 2 heterocycles. The van der Waals surface area contributed by atoms with Crippen molar-refractivity contribution in [3.8, 4) is 5.75 Å². The van der Waals surface area contributed by atoms with Crippen LogP contribution in [-0.4, -0.2) is 65.9 Å². The maximum atomic E-state index is 11.8. The summed E-state index contributed by atoms with van der Waals surface area (Å²) >= 11 is 6.03. The van der Waals surface area contributed by atoms with Crippen molar-refractivity contribution in [2.45, 2.75) is 44.7 Å². The Kier molecular flexibility index (Phi) is 9.98. The van der Waals surface area contributed by atoms with Gasteiger partial charge in [-0.25, -0.2) is 0 Å². The first-order valence-electron chi connectivity index (χ1n) is 11.7. The lowest BCUT2D eigenvalue weighted by molar-refractivity contribution is -0.128. The second kappa shape index (κ2) is 12.7. The molecule has 2 aromatic carbocycles. The molecule has 1 fully saturated rings. The van der Waals surface area contributed by atoms with E-state index in [1.54, 1.807) is 12.1 Å². The zero-order valence-electron chi connectivity index (χ0n) is 19.9. The summed E-state index contributed by atoms with van der Waals surface area (Å²) in [6.07, 6.45) is 2.38. The highest BCUT2D eigenvalue weighted by atomic mass is 35.5. The molecule has 0 radical (unpaired) electrons. The molecule has 1 aliphatic rings. The minimum atomic E-state index is -0.655. The molecule has 4 atom stereocenters. The number of aldehydes is 1. The molecule has 4 rings (SSSR count). The Morgan fingerprint density at radius 2 is 2.14 bits per heavy atom. The van der Waals surface area contributed by atoms with Crippen molar-refractivity contribution in [1.82, 2.24) is 15.2 Å². The Morgan fingerprint density at radius 1 is 1.34 bits per heavy atom. The lowest BCUT2D eigenvalue weighted by Gasteiger charge is -2.34. The van der Waals surface area contributed by atoms with E-state index in [-0.39, 0.29) is 24.6 Å². The Morgan fingerprint density at radius 3 is 2.89 bits per heavy atom. The predicted octanol–water partition coefficient (Wildman–Crippen LogP) is 4.12. The van der Waals surface area contributed by atoms with Crippen LogP contribution in [0.3, 0.4) is 0 Å². The Labute approximate surface area is 217 Å². The number of hydrogen-bond donors (Lipinski definition) is 3. The van der Waals surface area contributed by atoms with Gasteiger partial charge in [-0.2, -0.15) is 0 Å². The minimum absolute atomic E-state index is 0. The van der Waals surface area contributed by atoms with Crippen molar-refractivity contribution in [3.63, 3.8) is 0 Å². The van der Waals surface area contributed by atoms with Crippen molar-refractivity contribution in [2.75, 3.05) is 26.2 Å². The molecule has 190 valence electrons. The summed E-state index contributed by atoms with van der Waals surface area (Å²) in [6, 6.07) is 13.3. The summed E-state index contributed by atoms with van der Waals surface area (Å²) < 4.78 is 11.7. The number of aliphatic hydroxyl groups excluding tert-OH is 1. The number of ether oxygens (including phenoxy) is 2. The minimum Gasteiger partial charge on any atom is -0.466 e. The van der Waals surface area contributed by atoms with Gasteiger partial charge < -0.3 is 24.9 Å². The fourth-order valence-electron chi connectivity index (χ4n) is 4.39. The number of rotatable bonds is 10. The number of morpholine rings is 1. The molecule has 1 unspecified atom stereocenters. The van der Waals surface area contributed by atoms with Crippen molar-refractivity contribution in [2.24, 2.45) is 0 Å². The fourth-order valence-corrected chi connectivity index (χ4v) is 4.59. The average Bonchev–Trinajstić information content (AvgIpc) is 3.24. The summed E-state index contributed by atoms with van der Waals surface area (Å²) in [6.45, 7) is 6.41. The van der Waals surface area contributed by atoms with Crippen LogP contribution in [0.15, 0.2) is 48.7 Å². The molecular weight excluding hydrogens is 489 g/mol. The summed E-state index contributed by atoms with van der Waals surface area (Å²) in [5.41, 5.74) is 2.80. The van der Waals surface area contributed by atoms with Gasteiger partial charge in [0.25, 0.3) is 0 Å². The van der Waals surface area contributed by atoms with E-state index in [2.05, 4.69) is 17.2 Å². The zero-order valence-corrected chi connectivity index (χ0v) is 21.5. The van der Waals surface area contributed by atoms with Gasteiger partial charge in [-0.3, -0.25) is 9.69 Å². The van der Waals surface area contributed by atoms with Crippen LogP contribution in [0.2, 0.25) is 5.02 Å². The highest BCUT2D eigenvalue weighted by Gasteiger charge is 2.26. The molecule has 0 saturated carbocycles. The van der Waals surface area contributed by atoms with Crippen molar-refractivity contribution >= 4 is 41.2 Å². The molecule has 7 nitrogen and oxygen atoms in total. The number of halogens is 2. The van der Waals surface area contributed by atoms with E-state index in [9.17, 15) is 9.90 Å². The Balaban J connectivity index is 0.00000342. The number of H-pyrrole nitrogens is 1. The summed E-state index contributed by atoms with van der Waals surface area (Å²) in [5.74, 6) is 0.650. The number of nitrogens with zero attached hydrogens (tertiary/aromatic N) is 1. The van der Waals surface area contributed by atoms with Crippen LogP contribution in [0.4, 0.5) is 0 Å². The molecule has 3 aromatic rings. The van der Waals surface area contributed by atoms with E-state index in [1.807, 2.05) is 48.4 Å². The molecule has 9 heteroatoms. The molecule has 0 aliphatic carbocycles. The molecule has 0 amide bonds. The smallest absolute Gasteiger partial charge is 0.209 e. The van der Waals surface area contributed by atoms with E-state index < -0.39 is 12.3 Å². The molecule has 1 aliphatic heterocycles. The first-order valence-corrected chi connectivity index (χ1v) is 12.1. The molecule has 0 bridgehead atoms. The van der Waals surface area contributed by atoms with Crippen molar-refractivity contribution in [3.05, 3.63) is 64.8 Å². The SMILES string of the molecule is CC1CN([C@H](C=O)Oc2cccc3c(C[C@@H](C)NC[C@H](O)c4cccc(Cl)c4)c[nH]c23)CCO1.Cl. The molecule has 35 heavy (non-hydrogen) atoms. The zero-order chi connectivity index (χ0) is 24.1. The first-order chi connectivity index (χ1) is 16.4. The van der Waals surface area contributed by atoms with E-state index in [1.165, 1.54) is 0 Å². The van der Waals surface area contributed by atoms with Crippen molar-refractivity contribution < 1.29 is 19.4 Å². The molecular formula is C26H33Cl2N3O4. The summed E-state index contributed by atoms with van der Waals surface area (Å²) in [4.78, 5) is 17.1. The van der Waals surface area contributed by atoms with Crippen LogP contribution in [0.25, 0.3) is 10.9 Å². The van der Waals surface area contributed by atoms with E-state index >= 15 is 0 Å². The number of nitrogens with one attached hydrogen (secondary N) is 2. The normalized spacial score (nSPS) is 19.0. The average molecular weight is 522 g/mol. The van der Waals surface area contributed by atoms with Gasteiger partial charge in [0.15, 0.2) is 6.29 Å². The predicted molar refractivity (Wildman–Crippen MR) is 141 cm³/mol. The molecule has 3 N–H and O–H groups in total. The lowest BCUT2D eigenvalue weighted by atomic mass is 10.0. The van der Waals surface area contributed by atoms with Crippen LogP contribution in [0.1, 0.15) is 31.1 Å². The summed E-state index contributed by atoms with van der Waals surface area (Å²) in [5, 5.41) is 15.5. The van der Waals surface area contributed by atoms with Crippen LogP contribution >= 0.6 is 24.0 Å². The van der Waals surface area contributed by atoms with Gasteiger partial charge in [0.2, 0.25) is 6.23 Å². The summed E-state index contributed by atoms with van der Waals surface area (Å²) in [7, 11) is 0. The monoisotopic (exact) mass is 521 g/mol. The largest absolute Gasteiger partial charge is 0.466 e. The topological polar surface area (TPSA) is 86.8 Å². The highest BCUT2D eigenvalue weighted by molar-refractivity contribution is 6.30. The van der Waals surface area contributed by atoms with Gasteiger partial charge in [-0.1, -0.05) is 35.9 Å². The van der Waals surface area contributed by atoms with E-state index in [0.29, 0.717) is 37.0 Å². The van der Waals surface area contributed by atoms with Gasteiger partial charge >= 0.3 is 0 Å². The second-order valence-electron chi connectivity index (χ2n) is 8.90. The van der Waals surface area contributed by atoms with E-state index in [4.69, 9.17) is 21.1 Å². The van der Waals surface area contributed by atoms with Gasteiger partial charge in [0.05, 0.1) is 24.3 Å². The highest BCUT2D eigenvalue weighted by Crippen LogP contribution is 2.29. The van der Waals surface area contributed by atoms with Crippen LogP contribution in [0, 0.1) is 0 Å². The molecule has 0 spiro atoms. The number of aromatic nitrogens is 1. The number of carbonyl (C=O) groups is 1. The first kappa shape index (κ1) is 27.5. The maximum Gasteiger partial charge on any atom is 0.209 e. The third kappa shape index (κ3) is 6.97. The van der Waals surface area contributed by atoms with Gasteiger partial charge in [-0.15, -0.1) is 12.4 Å². The number of fused-ring (bicyclic) bond motifs is 1. The molecule has 1 aromatic heterocycles. The van der Waals surface area contributed by atoms with Gasteiger partial charge in [0.1, 0.15) is 5.75 Å². The molecule has 1 saturated heterocycles. The maximum absolute atomic E-state index is 11.8. The van der Waals surface area contributed by atoms with Crippen LogP contribution in [-0.2, 0) is 16.0 Å². The second-order valence-corrected chi connectivity index (χ2v) is 9.33. The number of aromatic amines is 1. The van der Waals surface area contributed by atoms with E-state index in [0.717, 1.165) is 34.7 Å². The standard InChI is InChI=1S/C26H32ClN3O4.ClH/c1-17(28-14-23(32)19-5-3-6-21(27)12-19)11-20-13-29-26-22(20)7-4-8-24(26)34-25(16-31)30-9-10-33-18(2)15-30;/h3-8,12-13,16-18,23,25,28-29,32H,9-11,14-15H2,1-2H3;1H/t17-,18?,23+,25+;/m1./s1. The number of para-hydroxylation sites is 1. The number of hydrogen-bond acceptors (Lipinski definition) is 6. The number of benzene rings is 2. The quantitative estimate of drug-likeness (QED) is 0.348. The fraction of sp³-hybridized carbons (Fsp3) is 0.423. The Bertz CT molecular complexity index is 1110. The van der Waals surface area contributed by atoms with Crippen molar-refractivity contribution in [1.29, 1.82) is 0 Å². The van der Waals surface area contributed by atoms with Crippen LogP contribution in [0.5, 0.6) is 5.75 Å². The van der Waals surface area contributed by atoms with Gasteiger partial charge in [-0.05, 0) is 49.6 Å². The number of aliphatic hydroxyl groups is 1. The lowest BCUT2D eigenvalue weighted by Crippen LogP contribution is -2.49. The Hall–Kier alpha value is -2.13. The van der Waals surface area contributed by atoms with Gasteiger partial charge in [0, 0.05) is 42.3 Å². The third-order valence-corrected chi connectivity index (χ3v) is 6.41. The van der Waals surface area contributed by atoms with Crippen LogP contribution < -0.4 is 10.1 Å². The number of carbonyl (C=O) groups excluding carboxylic acids is 1.